The smallest absolute Gasteiger partial charge is 0.349 e. The molecule has 1 heterocycles. The van der Waals surface area contributed by atoms with Crippen LogP contribution in [0.5, 0.6) is 11.5 Å². The summed E-state index contributed by atoms with van der Waals surface area (Å²) >= 11 is 0. The van der Waals surface area contributed by atoms with Crippen LogP contribution in [0.3, 0.4) is 0 Å². The second kappa shape index (κ2) is 6.54. The number of ether oxygens (including phenoxy) is 2. The molecule has 0 aliphatic heterocycles. The summed E-state index contributed by atoms with van der Waals surface area (Å²) in [5, 5.41) is 0.788. The summed E-state index contributed by atoms with van der Waals surface area (Å²) in [5.41, 5.74) is 0.723. The van der Waals surface area contributed by atoms with Crippen molar-refractivity contribution in [1.82, 2.24) is 0 Å². The fourth-order valence-corrected chi connectivity index (χ4v) is 2.20. The van der Waals surface area contributed by atoms with Crippen molar-refractivity contribution in [2.75, 3.05) is 6.61 Å². The van der Waals surface area contributed by atoms with E-state index in [1.165, 1.54) is 36.4 Å². The third-order valence-corrected chi connectivity index (χ3v) is 3.32. The molecule has 24 heavy (non-hydrogen) atoms. The van der Waals surface area contributed by atoms with Gasteiger partial charge in [0.1, 0.15) is 22.9 Å². The van der Waals surface area contributed by atoms with Crippen LogP contribution in [0.15, 0.2) is 57.7 Å². The molecule has 0 fully saturated rings. The Balaban J connectivity index is 1.67. The zero-order valence-electron chi connectivity index (χ0n) is 12.7. The maximum atomic E-state index is 12.8. The van der Waals surface area contributed by atoms with Gasteiger partial charge in [-0.1, -0.05) is 0 Å². The van der Waals surface area contributed by atoms with Crippen LogP contribution in [0.25, 0.3) is 11.0 Å². The monoisotopic (exact) mass is 328 g/mol. The van der Waals surface area contributed by atoms with Gasteiger partial charge in [0.25, 0.3) is 0 Å². The summed E-state index contributed by atoms with van der Waals surface area (Å²) in [5.74, 6) is -0.455. The molecular weight excluding hydrogens is 315 g/mol. The van der Waals surface area contributed by atoms with Gasteiger partial charge in [0, 0.05) is 17.5 Å². The van der Waals surface area contributed by atoms with Gasteiger partial charge in [-0.2, -0.15) is 0 Å². The molecule has 0 spiro atoms. The Morgan fingerprint density at radius 1 is 1.08 bits per heavy atom. The zero-order chi connectivity index (χ0) is 17.1. The van der Waals surface area contributed by atoms with Gasteiger partial charge in [-0.15, -0.1) is 0 Å². The minimum Gasteiger partial charge on any atom is -0.482 e. The first-order chi connectivity index (χ1) is 11.5. The molecule has 6 heteroatoms. The molecular formula is C18H13FO5. The number of hydrogen-bond donors (Lipinski definition) is 0. The van der Waals surface area contributed by atoms with Crippen molar-refractivity contribution < 1.29 is 23.1 Å². The fraction of sp³-hybridized carbons (Fsp3) is 0.111. The number of benzene rings is 2. The van der Waals surface area contributed by atoms with Crippen molar-refractivity contribution in [1.29, 1.82) is 0 Å². The Bertz CT molecular complexity index is 944. The number of fused-ring (bicyclic) bond motifs is 1. The van der Waals surface area contributed by atoms with E-state index in [1.54, 1.807) is 19.1 Å². The number of rotatable bonds is 4. The fourth-order valence-electron chi connectivity index (χ4n) is 2.20. The van der Waals surface area contributed by atoms with Gasteiger partial charge in [-0.3, -0.25) is 0 Å². The van der Waals surface area contributed by atoms with E-state index in [0.717, 1.165) is 10.9 Å². The van der Waals surface area contributed by atoms with Crippen LogP contribution in [0.1, 0.15) is 5.56 Å². The molecule has 0 saturated heterocycles. The minimum atomic E-state index is -0.632. The number of carbonyl (C=O) groups excluding carboxylic acids is 1. The first kappa shape index (κ1) is 15.7. The van der Waals surface area contributed by atoms with Crippen molar-refractivity contribution in [2.45, 2.75) is 6.92 Å². The molecule has 0 aliphatic carbocycles. The van der Waals surface area contributed by atoms with E-state index in [2.05, 4.69) is 0 Å². The van der Waals surface area contributed by atoms with E-state index >= 15 is 0 Å². The third-order valence-electron chi connectivity index (χ3n) is 3.32. The molecule has 0 saturated carbocycles. The molecule has 0 bridgehead atoms. The Labute approximate surface area is 136 Å². The predicted octanol–water partition coefficient (Wildman–Crippen LogP) is 3.22. The van der Waals surface area contributed by atoms with Crippen LogP contribution in [0.4, 0.5) is 4.39 Å². The van der Waals surface area contributed by atoms with Crippen molar-refractivity contribution in [3.63, 3.8) is 0 Å². The molecule has 122 valence electrons. The average molecular weight is 328 g/mol. The lowest BCUT2D eigenvalue weighted by molar-refractivity contribution is -0.136. The minimum absolute atomic E-state index is 0.227. The normalized spacial score (nSPS) is 10.6. The second-order valence-corrected chi connectivity index (χ2v) is 5.12. The first-order valence-corrected chi connectivity index (χ1v) is 7.15. The zero-order valence-corrected chi connectivity index (χ0v) is 12.7. The third kappa shape index (κ3) is 3.60. The molecule has 3 rings (SSSR count). The summed E-state index contributed by atoms with van der Waals surface area (Å²) in [6, 6.07) is 11.4. The summed E-state index contributed by atoms with van der Waals surface area (Å²) in [7, 11) is 0. The standard InChI is InChI=1S/C18H13FO5/c1-11-8-17(20)24-16-9-14(6-7-15(11)16)22-10-18(21)23-13-4-2-12(19)3-5-13/h2-9H,10H2,1H3. The van der Waals surface area contributed by atoms with E-state index < -0.39 is 17.4 Å². The molecule has 0 atom stereocenters. The number of esters is 1. The van der Waals surface area contributed by atoms with Crippen LogP contribution < -0.4 is 15.1 Å². The maximum absolute atomic E-state index is 12.8. The SMILES string of the molecule is Cc1cc(=O)oc2cc(OCC(=O)Oc3ccc(F)cc3)ccc12. The maximum Gasteiger partial charge on any atom is 0.349 e. The van der Waals surface area contributed by atoms with Gasteiger partial charge in [-0.05, 0) is 48.9 Å². The van der Waals surface area contributed by atoms with Gasteiger partial charge in [0.2, 0.25) is 0 Å². The molecule has 0 amide bonds. The highest BCUT2D eigenvalue weighted by Crippen LogP contribution is 2.22. The van der Waals surface area contributed by atoms with E-state index in [4.69, 9.17) is 13.9 Å². The lowest BCUT2D eigenvalue weighted by Crippen LogP contribution is -2.17. The van der Waals surface area contributed by atoms with Crippen molar-refractivity contribution in [3.05, 3.63) is 70.3 Å². The molecule has 5 nitrogen and oxygen atoms in total. The molecule has 2 aromatic carbocycles. The van der Waals surface area contributed by atoms with Crippen LogP contribution >= 0.6 is 0 Å². The van der Waals surface area contributed by atoms with Crippen molar-refractivity contribution in [3.8, 4) is 11.5 Å². The quantitative estimate of drug-likeness (QED) is 0.418. The van der Waals surface area contributed by atoms with Crippen LogP contribution in [-0.4, -0.2) is 12.6 Å². The van der Waals surface area contributed by atoms with E-state index in [1.807, 2.05) is 0 Å². The second-order valence-electron chi connectivity index (χ2n) is 5.12. The predicted molar refractivity (Wildman–Crippen MR) is 84.8 cm³/mol. The molecule has 0 aliphatic rings. The van der Waals surface area contributed by atoms with Crippen LogP contribution in [0.2, 0.25) is 0 Å². The highest BCUT2D eigenvalue weighted by molar-refractivity contribution is 5.81. The molecule has 0 radical (unpaired) electrons. The summed E-state index contributed by atoms with van der Waals surface area (Å²) < 4.78 is 28.2. The van der Waals surface area contributed by atoms with Crippen LogP contribution in [-0.2, 0) is 4.79 Å². The Morgan fingerprint density at radius 3 is 2.54 bits per heavy atom. The molecule has 1 aromatic heterocycles. The van der Waals surface area contributed by atoms with Gasteiger partial charge in [0.05, 0.1) is 0 Å². The van der Waals surface area contributed by atoms with Crippen molar-refractivity contribution in [2.24, 2.45) is 0 Å². The van der Waals surface area contributed by atoms with E-state index in [0.29, 0.717) is 11.3 Å². The van der Waals surface area contributed by atoms with Gasteiger partial charge in [0.15, 0.2) is 6.61 Å². The topological polar surface area (TPSA) is 65.7 Å². The first-order valence-electron chi connectivity index (χ1n) is 7.15. The lowest BCUT2D eigenvalue weighted by Gasteiger charge is -2.08. The van der Waals surface area contributed by atoms with Crippen LogP contribution in [0, 0.1) is 12.7 Å². The number of carbonyl (C=O) groups is 1. The largest absolute Gasteiger partial charge is 0.482 e. The van der Waals surface area contributed by atoms with Crippen molar-refractivity contribution >= 4 is 16.9 Å². The van der Waals surface area contributed by atoms with Gasteiger partial charge >= 0.3 is 11.6 Å². The molecule has 0 unspecified atom stereocenters. The molecule has 0 N–H and O–H groups in total. The Morgan fingerprint density at radius 2 is 1.79 bits per heavy atom. The lowest BCUT2D eigenvalue weighted by atomic mass is 10.1. The Hall–Kier alpha value is -3.15. The average Bonchev–Trinajstić information content (AvgIpc) is 2.54. The van der Waals surface area contributed by atoms with Gasteiger partial charge < -0.3 is 13.9 Å². The number of halogens is 1. The highest BCUT2D eigenvalue weighted by atomic mass is 19.1. The van der Waals surface area contributed by atoms with E-state index in [9.17, 15) is 14.0 Å². The van der Waals surface area contributed by atoms with Gasteiger partial charge in [-0.25, -0.2) is 14.0 Å². The summed E-state index contributed by atoms with van der Waals surface area (Å²) in [6.07, 6.45) is 0. The summed E-state index contributed by atoms with van der Waals surface area (Å²) in [6.45, 7) is 1.47. The highest BCUT2D eigenvalue weighted by Gasteiger charge is 2.08. The number of hydrogen-bond acceptors (Lipinski definition) is 5. The molecule has 3 aromatic rings. The number of aryl methyl sites for hydroxylation is 1. The Kier molecular flexibility index (Phi) is 4.29. The van der Waals surface area contributed by atoms with E-state index in [-0.39, 0.29) is 12.4 Å². The summed E-state index contributed by atoms with van der Waals surface area (Å²) in [4.78, 5) is 23.1.